The Bertz CT molecular complexity index is 653. The minimum atomic E-state index is -3.47. The van der Waals surface area contributed by atoms with Crippen molar-refractivity contribution in [1.82, 2.24) is 19.8 Å². The maximum atomic E-state index is 12.1. The van der Waals surface area contributed by atoms with Gasteiger partial charge in [0.1, 0.15) is 0 Å². The van der Waals surface area contributed by atoms with Crippen LogP contribution < -0.4 is 10.0 Å². The molecule has 0 aromatic heterocycles. The van der Waals surface area contributed by atoms with Gasteiger partial charge in [0.25, 0.3) is 5.91 Å². The fourth-order valence-electron chi connectivity index (χ4n) is 2.74. The van der Waals surface area contributed by atoms with Crippen LogP contribution in [0.4, 0.5) is 0 Å². The van der Waals surface area contributed by atoms with Crippen LogP contribution in [0.1, 0.15) is 23.2 Å². The molecule has 0 atom stereocenters. The summed E-state index contributed by atoms with van der Waals surface area (Å²) in [5.74, 6) is -0.173. The van der Waals surface area contributed by atoms with Gasteiger partial charge in [-0.3, -0.25) is 4.79 Å². The molecule has 0 unspecified atom stereocenters. The molecule has 1 aliphatic heterocycles. The Labute approximate surface area is 150 Å². The number of amides is 1. The van der Waals surface area contributed by atoms with Gasteiger partial charge in [-0.05, 0) is 57.7 Å². The van der Waals surface area contributed by atoms with Crippen molar-refractivity contribution < 1.29 is 13.2 Å². The largest absolute Gasteiger partial charge is 0.352 e. The number of carbonyl (C=O) groups is 1. The van der Waals surface area contributed by atoms with Crippen LogP contribution in [0.5, 0.6) is 0 Å². The van der Waals surface area contributed by atoms with E-state index < -0.39 is 10.0 Å². The summed E-state index contributed by atoms with van der Waals surface area (Å²) in [7, 11) is 0.0371. The van der Waals surface area contributed by atoms with Gasteiger partial charge in [-0.2, -0.15) is 0 Å². The van der Waals surface area contributed by atoms with Gasteiger partial charge >= 0.3 is 0 Å². The van der Waals surface area contributed by atoms with E-state index >= 15 is 0 Å². The molecular weight excluding hydrogens is 340 g/mol. The van der Waals surface area contributed by atoms with Gasteiger partial charge in [-0.25, -0.2) is 13.1 Å². The van der Waals surface area contributed by atoms with E-state index in [1.165, 1.54) is 31.3 Å². The number of hydrogen-bond donors (Lipinski definition) is 2. The Morgan fingerprint density at radius 2 is 1.72 bits per heavy atom. The van der Waals surface area contributed by atoms with Gasteiger partial charge < -0.3 is 15.1 Å². The number of nitrogens with zero attached hydrogens (tertiary/aromatic N) is 2. The lowest BCUT2D eigenvalue weighted by Gasteiger charge is -2.32. The molecule has 1 heterocycles. The number of nitrogens with one attached hydrogen (secondary N) is 2. The third-order valence-electron chi connectivity index (χ3n) is 4.48. The van der Waals surface area contributed by atoms with Crippen LogP contribution in [0.25, 0.3) is 0 Å². The van der Waals surface area contributed by atoms with Gasteiger partial charge in [0, 0.05) is 38.3 Å². The van der Waals surface area contributed by atoms with Gasteiger partial charge in [0.2, 0.25) is 10.0 Å². The first kappa shape index (κ1) is 19.8. The summed E-state index contributed by atoms with van der Waals surface area (Å²) >= 11 is 0. The van der Waals surface area contributed by atoms with Crippen LogP contribution in [0.3, 0.4) is 0 Å². The van der Waals surface area contributed by atoms with Gasteiger partial charge in [-0.15, -0.1) is 0 Å². The zero-order chi connectivity index (χ0) is 18.3. The third kappa shape index (κ3) is 6.07. The van der Waals surface area contributed by atoms with Crippen molar-refractivity contribution in [3.8, 4) is 0 Å². The molecule has 1 aromatic rings. The third-order valence-corrected chi connectivity index (χ3v) is 5.91. The highest BCUT2D eigenvalue weighted by molar-refractivity contribution is 7.89. The predicted octanol–water partition coefficient (Wildman–Crippen LogP) is 0.352. The lowest BCUT2D eigenvalue weighted by atomic mass is 10.2. The minimum absolute atomic E-state index is 0.152. The monoisotopic (exact) mass is 368 g/mol. The first-order valence-electron chi connectivity index (χ1n) is 8.65. The summed E-state index contributed by atoms with van der Waals surface area (Å²) < 4.78 is 25.6. The van der Waals surface area contributed by atoms with Crippen LogP contribution in [0.15, 0.2) is 29.2 Å². The summed E-state index contributed by atoms with van der Waals surface area (Å²) in [6.07, 6.45) is 1.99. The lowest BCUT2D eigenvalue weighted by molar-refractivity contribution is 0.0951. The minimum Gasteiger partial charge on any atom is -0.352 e. The van der Waals surface area contributed by atoms with E-state index in [-0.39, 0.29) is 10.8 Å². The summed E-state index contributed by atoms with van der Waals surface area (Å²) in [5.41, 5.74) is 0.467. The number of hydrogen-bond acceptors (Lipinski definition) is 5. The van der Waals surface area contributed by atoms with Gasteiger partial charge in [0.15, 0.2) is 0 Å². The molecule has 1 fully saturated rings. The Morgan fingerprint density at radius 3 is 2.32 bits per heavy atom. The highest BCUT2D eigenvalue weighted by Gasteiger charge is 2.14. The number of likely N-dealkylation sites (N-methyl/N-ethyl adjacent to an activating group) is 1. The van der Waals surface area contributed by atoms with Crippen LogP contribution in [-0.2, 0) is 10.0 Å². The van der Waals surface area contributed by atoms with Crippen molar-refractivity contribution in [2.24, 2.45) is 0 Å². The van der Waals surface area contributed by atoms with E-state index in [9.17, 15) is 13.2 Å². The Balaban J connectivity index is 1.68. The molecule has 8 heteroatoms. The molecule has 0 saturated carbocycles. The Morgan fingerprint density at radius 1 is 1.08 bits per heavy atom. The van der Waals surface area contributed by atoms with E-state index in [1.54, 1.807) is 0 Å². The average Bonchev–Trinajstić information content (AvgIpc) is 2.63. The average molecular weight is 369 g/mol. The highest BCUT2D eigenvalue weighted by atomic mass is 32.2. The molecule has 7 nitrogen and oxygen atoms in total. The van der Waals surface area contributed by atoms with Crippen molar-refractivity contribution in [1.29, 1.82) is 0 Å². The topological polar surface area (TPSA) is 81.7 Å². The summed E-state index contributed by atoms with van der Waals surface area (Å²) in [6.45, 7) is 6.17. The standard InChI is InChI=1S/C17H28N4O3S/c1-18-25(23,24)16-7-5-15(6-8-16)17(22)19-9-3-4-10-21-13-11-20(2)12-14-21/h5-8,18H,3-4,9-14H2,1-2H3,(H,19,22). The van der Waals surface area contributed by atoms with Crippen molar-refractivity contribution >= 4 is 15.9 Å². The number of benzene rings is 1. The van der Waals surface area contributed by atoms with Crippen molar-refractivity contribution in [2.45, 2.75) is 17.7 Å². The normalized spacial score (nSPS) is 16.7. The number of carbonyl (C=O) groups excluding carboxylic acids is 1. The molecule has 0 aliphatic carbocycles. The Hall–Kier alpha value is -1.48. The van der Waals surface area contributed by atoms with Crippen molar-refractivity contribution in [3.63, 3.8) is 0 Å². The molecule has 25 heavy (non-hydrogen) atoms. The van der Waals surface area contributed by atoms with Gasteiger partial charge in [0.05, 0.1) is 4.90 Å². The summed E-state index contributed by atoms with van der Waals surface area (Å²) in [5, 5.41) is 2.89. The lowest BCUT2D eigenvalue weighted by Crippen LogP contribution is -2.44. The molecular formula is C17H28N4O3S. The molecule has 1 saturated heterocycles. The molecule has 0 spiro atoms. The maximum Gasteiger partial charge on any atom is 0.251 e. The van der Waals surface area contributed by atoms with Gasteiger partial charge in [-0.1, -0.05) is 0 Å². The molecule has 140 valence electrons. The zero-order valence-electron chi connectivity index (χ0n) is 15.0. The summed E-state index contributed by atoms with van der Waals surface area (Å²) in [4.78, 5) is 17.0. The first-order valence-corrected chi connectivity index (χ1v) is 10.1. The summed E-state index contributed by atoms with van der Waals surface area (Å²) in [6, 6.07) is 5.94. The molecule has 2 rings (SSSR count). The molecule has 1 amide bonds. The van der Waals surface area contributed by atoms with Crippen LogP contribution in [0, 0.1) is 0 Å². The van der Waals surface area contributed by atoms with Crippen LogP contribution >= 0.6 is 0 Å². The fraction of sp³-hybridized carbons (Fsp3) is 0.588. The second-order valence-electron chi connectivity index (χ2n) is 6.34. The number of sulfonamides is 1. The quantitative estimate of drug-likeness (QED) is 0.647. The molecule has 1 aromatic carbocycles. The van der Waals surface area contributed by atoms with Crippen molar-refractivity contribution in [3.05, 3.63) is 29.8 Å². The van der Waals surface area contributed by atoms with Crippen LogP contribution in [0.2, 0.25) is 0 Å². The van der Waals surface area contributed by atoms with Crippen molar-refractivity contribution in [2.75, 3.05) is 53.4 Å². The van der Waals surface area contributed by atoms with E-state index in [4.69, 9.17) is 0 Å². The SMILES string of the molecule is CNS(=O)(=O)c1ccc(C(=O)NCCCCN2CCN(C)CC2)cc1. The first-order chi connectivity index (χ1) is 11.9. The molecule has 1 aliphatic rings. The smallest absolute Gasteiger partial charge is 0.251 e. The zero-order valence-corrected chi connectivity index (χ0v) is 15.8. The maximum absolute atomic E-state index is 12.1. The van der Waals surface area contributed by atoms with E-state index in [0.717, 1.165) is 45.6 Å². The van der Waals surface area contributed by atoms with Crippen LogP contribution in [-0.4, -0.2) is 77.5 Å². The number of rotatable bonds is 8. The Kier molecular flexibility index (Phi) is 7.37. The number of unbranched alkanes of at least 4 members (excludes halogenated alkanes) is 1. The highest BCUT2D eigenvalue weighted by Crippen LogP contribution is 2.10. The van der Waals surface area contributed by atoms with E-state index in [0.29, 0.717) is 12.1 Å². The predicted molar refractivity (Wildman–Crippen MR) is 98.2 cm³/mol. The fourth-order valence-corrected chi connectivity index (χ4v) is 3.47. The van der Waals surface area contributed by atoms with E-state index in [2.05, 4.69) is 26.9 Å². The molecule has 0 bridgehead atoms. The van der Waals surface area contributed by atoms with E-state index in [1.807, 2.05) is 0 Å². The second kappa shape index (κ2) is 9.28. The molecule has 2 N–H and O–H groups in total. The molecule has 0 radical (unpaired) electrons. The second-order valence-corrected chi connectivity index (χ2v) is 8.23. The number of piperazine rings is 1.